The molecular weight excluding hydrogens is 442 g/mol. The van der Waals surface area contributed by atoms with Crippen molar-refractivity contribution < 1.29 is 18.1 Å². The number of sulfonamides is 1. The number of nitro benzene ring substituents is 1. The number of hydrogen-bond donors (Lipinski definition) is 0. The van der Waals surface area contributed by atoms with Crippen LogP contribution in [-0.4, -0.2) is 54.6 Å². The van der Waals surface area contributed by atoms with E-state index >= 15 is 0 Å². The Hall–Kier alpha value is -2.75. The highest BCUT2D eigenvalue weighted by molar-refractivity contribution is 7.89. The van der Waals surface area contributed by atoms with Gasteiger partial charge in [-0.3, -0.25) is 14.9 Å². The molecule has 10 heteroatoms. The van der Waals surface area contributed by atoms with E-state index in [9.17, 15) is 23.3 Å². The molecule has 1 saturated heterocycles. The van der Waals surface area contributed by atoms with Gasteiger partial charge in [0.2, 0.25) is 15.9 Å². The van der Waals surface area contributed by atoms with E-state index in [4.69, 9.17) is 11.6 Å². The third kappa shape index (κ3) is 5.12. The largest absolute Gasteiger partial charge is 0.337 e. The van der Waals surface area contributed by atoms with Gasteiger partial charge in [0.25, 0.3) is 5.69 Å². The van der Waals surface area contributed by atoms with E-state index in [0.717, 1.165) is 11.1 Å². The van der Waals surface area contributed by atoms with Gasteiger partial charge in [0.05, 0.1) is 9.82 Å². The normalized spacial score (nSPS) is 15.4. The number of carbonyl (C=O) groups is 1. The van der Waals surface area contributed by atoms with E-state index in [1.54, 1.807) is 29.2 Å². The lowest BCUT2D eigenvalue weighted by atomic mass is 10.1. The molecule has 0 atom stereocenters. The second-order valence-electron chi connectivity index (χ2n) is 7.28. The van der Waals surface area contributed by atoms with Gasteiger partial charge in [-0.15, -0.1) is 0 Å². The molecule has 0 unspecified atom stereocenters. The van der Waals surface area contributed by atoms with Crippen LogP contribution in [0, 0.1) is 24.0 Å². The Kier molecular flexibility index (Phi) is 6.78. The first kappa shape index (κ1) is 22.9. The van der Waals surface area contributed by atoms with Crippen molar-refractivity contribution in [3.05, 3.63) is 74.3 Å². The molecule has 0 aromatic heterocycles. The third-order valence-corrected chi connectivity index (χ3v) is 7.47. The Morgan fingerprint density at radius 1 is 1.06 bits per heavy atom. The number of benzene rings is 2. The zero-order chi connectivity index (χ0) is 22.8. The van der Waals surface area contributed by atoms with Crippen LogP contribution in [0.15, 0.2) is 47.4 Å². The van der Waals surface area contributed by atoms with Crippen molar-refractivity contribution in [3.63, 3.8) is 0 Å². The quantitative estimate of drug-likeness (QED) is 0.384. The summed E-state index contributed by atoms with van der Waals surface area (Å²) in [5.41, 5.74) is 2.16. The van der Waals surface area contributed by atoms with Gasteiger partial charge >= 0.3 is 0 Å². The number of nitro groups is 1. The molecule has 0 radical (unpaired) electrons. The molecule has 1 amide bonds. The highest BCUT2D eigenvalue weighted by atomic mass is 35.5. The average molecular weight is 464 g/mol. The molecule has 8 nitrogen and oxygen atoms in total. The number of amides is 1. The van der Waals surface area contributed by atoms with Crippen LogP contribution in [0.1, 0.15) is 16.7 Å². The zero-order valence-corrected chi connectivity index (χ0v) is 18.7. The lowest BCUT2D eigenvalue weighted by Crippen LogP contribution is -2.50. The zero-order valence-electron chi connectivity index (χ0n) is 17.1. The Balaban J connectivity index is 1.64. The SMILES string of the molecule is Cc1ccc(S(=O)(=O)N2CCN(C(=O)/C=C/c3ccc(Cl)c([N+](=O)[O-])c3)CC2)cc1C. The van der Waals surface area contributed by atoms with Crippen molar-refractivity contribution in [2.75, 3.05) is 26.2 Å². The summed E-state index contributed by atoms with van der Waals surface area (Å²) in [6.07, 6.45) is 2.80. The van der Waals surface area contributed by atoms with Crippen molar-refractivity contribution in [2.24, 2.45) is 0 Å². The van der Waals surface area contributed by atoms with Gasteiger partial charge in [-0.25, -0.2) is 8.42 Å². The summed E-state index contributed by atoms with van der Waals surface area (Å²) in [6.45, 7) is 4.70. The second kappa shape index (κ2) is 9.17. The number of hydrogen-bond acceptors (Lipinski definition) is 5. The van der Waals surface area contributed by atoms with E-state index in [1.165, 1.54) is 28.6 Å². The predicted octanol–water partition coefficient (Wildman–Crippen LogP) is 3.41. The van der Waals surface area contributed by atoms with Crippen LogP contribution in [-0.2, 0) is 14.8 Å². The topological polar surface area (TPSA) is 101 Å². The van der Waals surface area contributed by atoms with Crippen LogP contribution in [0.25, 0.3) is 6.08 Å². The first-order valence-corrected chi connectivity index (χ1v) is 11.4. The monoisotopic (exact) mass is 463 g/mol. The Labute approximate surface area is 185 Å². The van der Waals surface area contributed by atoms with Crippen LogP contribution >= 0.6 is 11.6 Å². The van der Waals surface area contributed by atoms with Crippen LogP contribution in [0.5, 0.6) is 0 Å². The minimum atomic E-state index is -3.62. The number of rotatable bonds is 5. The summed E-state index contributed by atoms with van der Waals surface area (Å²) >= 11 is 5.79. The highest BCUT2D eigenvalue weighted by Gasteiger charge is 2.29. The maximum absolute atomic E-state index is 12.9. The molecule has 164 valence electrons. The fraction of sp³-hybridized carbons (Fsp3) is 0.286. The fourth-order valence-corrected chi connectivity index (χ4v) is 4.91. The van der Waals surface area contributed by atoms with Crippen molar-refractivity contribution in [3.8, 4) is 0 Å². The first-order chi connectivity index (χ1) is 14.6. The summed E-state index contributed by atoms with van der Waals surface area (Å²) < 4.78 is 27.2. The van der Waals surface area contributed by atoms with E-state index in [-0.39, 0.29) is 47.7 Å². The number of carbonyl (C=O) groups excluding carboxylic acids is 1. The molecule has 2 aromatic rings. The lowest BCUT2D eigenvalue weighted by molar-refractivity contribution is -0.384. The standard InChI is InChI=1S/C21H22ClN3O5S/c1-15-3-6-18(13-16(15)2)31(29,30)24-11-9-23(10-12-24)21(26)8-5-17-4-7-19(22)20(14-17)25(27)28/h3-8,13-14H,9-12H2,1-2H3/b8-5+. The highest BCUT2D eigenvalue weighted by Crippen LogP contribution is 2.26. The second-order valence-corrected chi connectivity index (χ2v) is 9.62. The van der Waals surface area contributed by atoms with Crippen molar-refractivity contribution >= 4 is 39.3 Å². The molecule has 0 bridgehead atoms. The van der Waals surface area contributed by atoms with E-state index in [0.29, 0.717) is 5.56 Å². The number of piperazine rings is 1. The number of nitrogens with zero attached hydrogens (tertiary/aromatic N) is 3. The van der Waals surface area contributed by atoms with Gasteiger partial charge < -0.3 is 4.90 Å². The van der Waals surface area contributed by atoms with Crippen LogP contribution < -0.4 is 0 Å². The summed E-state index contributed by atoms with van der Waals surface area (Å²) in [6, 6.07) is 9.32. The minimum absolute atomic E-state index is 0.0228. The molecule has 0 aliphatic carbocycles. The van der Waals surface area contributed by atoms with Gasteiger partial charge in [-0.2, -0.15) is 4.31 Å². The lowest BCUT2D eigenvalue weighted by Gasteiger charge is -2.33. The van der Waals surface area contributed by atoms with Crippen LogP contribution in [0.3, 0.4) is 0 Å². The molecule has 1 heterocycles. The van der Waals surface area contributed by atoms with Crippen molar-refractivity contribution in [1.29, 1.82) is 0 Å². The van der Waals surface area contributed by atoms with Gasteiger partial charge in [-0.05, 0) is 54.8 Å². The molecule has 1 fully saturated rings. The van der Waals surface area contributed by atoms with Gasteiger partial charge in [0, 0.05) is 38.3 Å². The average Bonchev–Trinajstić information content (AvgIpc) is 2.74. The Morgan fingerprint density at radius 3 is 2.35 bits per heavy atom. The van der Waals surface area contributed by atoms with Gasteiger partial charge in [0.1, 0.15) is 5.02 Å². The van der Waals surface area contributed by atoms with E-state index < -0.39 is 14.9 Å². The van der Waals surface area contributed by atoms with E-state index in [2.05, 4.69) is 0 Å². The Bertz CT molecular complexity index is 1160. The molecule has 0 spiro atoms. The minimum Gasteiger partial charge on any atom is -0.337 e. The van der Waals surface area contributed by atoms with Gasteiger partial charge in [0.15, 0.2) is 0 Å². The fourth-order valence-electron chi connectivity index (χ4n) is 3.22. The summed E-state index contributed by atoms with van der Waals surface area (Å²) in [5, 5.41) is 11.0. The molecule has 31 heavy (non-hydrogen) atoms. The molecular formula is C21H22ClN3O5S. The molecule has 0 N–H and O–H groups in total. The van der Waals surface area contributed by atoms with Gasteiger partial charge in [-0.1, -0.05) is 23.7 Å². The molecule has 1 aliphatic rings. The summed E-state index contributed by atoms with van der Waals surface area (Å²) in [4.78, 5) is 24.7. The Morgan fingerprint density at radius 2 is 1.74 bits per heavy atom. The molecule has 3 rings (SSSR count). The predicted molar refractivity (Wildman–Crippen MR) is 118 cm³/mol. The maximum atomic E-state index is 12.9. The summed E-state index contributed by atoms with van der Waals surface area (Å²) in [5.74, 6) is -0.291. The molecule has 2 aromatic carbocycles. The third-order valence-electron chi connectivity index (χ3n) is 5.25. The number of aryl methyl sites for hydroxylation is 2. The molecule has 1 aliphatic heterocycles. The van der Waals surface area contributed by atoms with E-state index in [1.807, 2.05) is 13.8 Å². The number of halogens is 1. The van der Waals surface area contributed by atoms with Crippen molar-refractivity contribution in [1.82, 2.24) is 9.21 Å². The van der Waals surface area contributed by atoms with Crippen LogP contribution in [0.2, 0.25) is 5.02 Å². The molecule has 0 saturated carbocycles. The maximum Gasteiger partial charge on any atom is 0.288 e. The first-order valence-electron chi connectivity index (χ1n) is 9.58. The smallest absolute Gasteiger partial charge is 0.288 e. The van der Waals surface area contributed by atoms with Crippen molar-refractivity contribution in [2.45, 2.75) is 18.7 Å². The van der Waals surface area contributed by atoms with Crippen LogP contribution in [0.4, 0.5) is 5.69 Å². The summed E-state index contributed by atoms with van der Waals surface area (Å²) in [7, 11) is -3.62.